The Morgan fingerprint density at radius 2 is 1.96 bits per heavy atom. The molecule has 0 unspecified atom stereocenters. The van der Waals surface area contributed by atoms with E-state index in [2.05, 4.69) is 22.0 Å². The van der Waals surface area contributed by atoms with Gasteiger partial charge in [0.1, 0.15) is 4.21 Å². The van der Waals surface area contributed by atoms with Crippen LogP contribution >= 0.6 is 27.3 Å². The zero-order chi connectivity index (χ0) is 18.3. The molecule has 1 aromatic carbocycles. The third-order valence-corrected chi connectivity index (χ3v) is 8.99. The molecule has 26 heavy (non-hydrogen) atoms. The topological polar surface area (TPSA) is 57.7 Å². The zero-order valence-electron chi connectivity index (χ0n) is 14.1. The fraction of sp³-hybridized carbons (Fsp3) is 0.389. The number of nitrogens with zero attached hydrogens (tertiary/aromatic N) is 2. The van der Waals surface area contributed by atoms with Crippen molar-refractivity contribution in [3.05, 3.63) is 45.7 Å². The maximum absolute atomic E-state index is 13.1. The lowest BCUT2D eigenvalue weighted by Gasteiger charge is -2.33. The number of hydrogen-bond donors (Lipinski definition) is 0. The minimum atomic E-state index is -3.54. The minimum Gasteiger partial charge on any atom is -0.312 e. The van der Waals surface area contributed by atoms with Gasteiger partial charge in [0.15, 0.2) is 0 Å². The van der Waals surface area contributed by atoms with E-state index in [4.69, 9.17) is 0 Å². The van der Waals surface area contributed by atoms with Crippen molar-refractivity contribution in [3.8, 4) is 0 Å². The fourth-order valence-corrected chi connectivity index (χ4v) is 7.40. The number of benzene rings is 1. The quantitative estimate of drug-likeness (QED) is 0.712. The van der Waals surface area contributed by atoms with Crippen LogP contribution in [0.2, 0.25) is 0 Å². The van der Waals surface area contributed by atoms with E-state index >= 15 is 0 Å². The molecule has 1 saturated heterocycles. The van der Waals surface area contributed by atoms with Crippen LogP contribution in [-0.4, -0.2) is 38.3 Å². The van der Waals surface area contributed by atoms with Crippen LogP contribution in [0.1, 0.15) is 18.4 Å². The van der Waals surface area contributed by atoms with Gasteiger partial charge in [-0.3, -0.25) is 4.79 Å². The third-order valence-electron chi connectivity index (χ3n) is 5.03. The van der Waals surface area contributed by atoms with E-state index in [-0.39, 0.29) is 18.4 Å². The SMILES string of the molecule is O=C([C@H]1CCCN(S(=O)(=O)c2ccc(Br)s2)C1)N1CCc2ccccc21. The number of fused-ring (bicyclic) bond motifs is 1. The highest BCUT2D eigenvalue weighted by molar-refractivity contribution is 9.11. The van der Waals surface area contributed by atoms with Crippen LogP contribution in [0.4, 0.5) is 5.69 Å². The average Bonchev–Trinajstić information content (AvgIpc) is 3.28. The first-order valence-corrected chi connectivity index (χ1v) is 11.7. The van der Waals surface area contributed by atoms with Gasteiger partial charge in [-0.1, -0.05) is 18.2 Å². The summed E-state index contributed by atoms with van der Waals surface area (Å²) in [6.07, 6.45) is 2.30. The van der Waals surface area contributed by atoms with Gasteiger partial charge in [-0.05, 0) is 59.0 Å². The second-order valence-electron chi connectivity index (χ2n) is 6.63. The maximum Gasteiger partial charge on any atom is 0.252 e. The van der Waals surface area contributed by atoms with Gasteiger partial charge in [-0.15, -0.1) is 11.3 Å². The van der Waals surface area contributed by atoms with Gasteiger partial charge < -0.3 is 4.90 Å². The Kier molecular flexibility index (Phi) is 4.94. The fourth-order valence-electron chi connectivity index (χ4n) is 3.71. The molecule has 0 N–H and O–H groups in total. The Bertz CT molecular complexity index is 941. The molecular formula is C18H19BrN2O3S2. The smallest absolute Gasteiger partial charge is 0.252 e. The molecule has 1 atom stereocenters. The summed E-state index contributed by atoms with van der Waals surface area (Å²) in [6, 6.07) is 11.3. The first-order valence-electron chi connectivity index (χ1n) is 8.61. The van der Waals surface area contributed by atoms with Crippen molar-refractivity contribution < 1.29 is 13.2 Å². The monoisotopic (exact) mass is 454 g/mol. The number of piperidine rings is 1. The Hall–Kier alpha value is -1.22. The molecule has 1 aromatic heterocycles. The number of hydrogen-bond acceptors (Lipinski definition) is 4. The van der Waals surface area contributed by atoms with Crippen molar-refractivity contribution in [2.45, 2.75) is 23.5 Å². The van der Waals surface area contributed by atoms with E-state index in [0.717, 1.165) is 22.3 Å². The molecule has 0 bridgehead atoms. The predicted octanol–water partition coefficient (Wildman–Crippen LogP) is 3.50. The molecule has 0 aliphatic carbocycles. The second kappa shape index (κ2) is 7.07. The summed E-state index contributed by atoms with van der Waals surface area (Å²) in [5.74, 6) is -0.240. The summed E-state index contributed by atoms with van der Waals surface area (Å²) in [7, 11) is -3.54. The summed E-state index contributed by atoms with van der Waals surface area (Å²) >= 11 is 4.52. The number of sulfonamides is 1. The Morgan fingerprint density at radius 1 is 1.15 bits per heavy atom. The molecule has 8 heteroatoms. The molecule has 4 rings (SSSR count). The molecule has 2 aliphatic heterocycles. The molecule has 0 saturated carbocycles. The van der Waals surface area contributed by atoms with Crippen molar-refractivity contribution in [2.24, 2.45) is 5.92 Å². The van der Waals surface area contributed by atoms with Gasteiger partial charge >= 0.3 is 0 Å². The molecule has 5 nitrogen and oxygen atoms in total. The lowest BCUT2D eigenvalue weighted by Crippen LogP contribution is -2.46. The predicted molar refractivity (Wildman–Crippen MR) is 106 cm³/mol. The molecule has 0 spiro atoms. The third kappa shape index (κ3) is 3.24. The van der Waals surface area contributed by atoms with Crippen molar-refractivity contribution in [1.82, 2.24) is 4.31 Å². The van der Waals surface area contributed by atoms with Gasteiger partial charge in [0.2, 0.25) is 5.91 Å². The van der Waals surface area contributed by atoms with E-state index in [0.29, 0.717) is 23.7 Å². The first-order chi connectivity index (χ1) is 12.5. The summed E-state index contributed by atoms with van der Waals surface area (Å²) in [4.78, 5) is 14.9. The lowest BCUT2D eigenvalue weighted by molar-refractivity contribution is -0.123. The number of thiophene rings is 1. The van der Waals surface area contributed by atoms with E-state index in [9.17, 15) is 13.2 Å². The lowest BCUT2D eigenvalue weighted by atomic mass is 9.98. The molecule has 138 valence electrons. The normalized spacial score (nSPS) is 21.0. The van der Waals surface area contributed by atoms with E-state index in [1.54, 1.807) is 12.1 Å². The minimum absolute atomic E-state index is 0.0437. The standard InChI is InChI=1S/C18H19BrN2O3S2/c19-16-7-8-17(25-16)26(23,24)20-10-3-5-14(12-20)18(22)21-11-9-13-4-1-2-6-15(13)21/h1-2,4,6-8,14H,3,5,9-12H2/t14-/m0/s1. The highest BCUT2D eigenvalue weighted by atomic mass is 79.9. The van der Waals surface area contributed by atoms with Crippen molar-refractivity contribution in [3.63, 3.8) is 0 Å². The average molecular weight is 455 g/mol. The highest BCUT2D eigenvalue weighted by Gasteiger charge is 2.37. The Labute approximate surface area is 165 Å². The largest absolute Gasteiger partial charge is 0.312 e. The van der Waals surface area contributed by atoms with Gasteiger partial charge in [0.25, 0.3) is 10.0 Å². The number of rotatable bonds is 3. The molecule has 1 fully saturated rings. The van der Waals surface area contributed by atoms with Crippen LogP contribution in [0.5, 0.6) is 0 Å². The summed E-state index contributed by atoms with van der Waals surface area (Å²) in [5, 5.41) is 0. The van der Waals surface area contributed by atoms with Crippen LogP contribution < -0.4 is 4.90 Å². The van der Waals surface area contributed by atoms with Gasteiger partial charge in [0.05, 0.1) is 9.70 Å². The molecule has 0 radical (unpaired) electrons. The maximum atomic E-state index is 13.1. The number of carbonyl (C=O) groups excluding carboxylic acids is 1. The van der Waals surface area contributed by atoms with Crippen LogP contribution in [0.25, 0.3) is 0 Å². The molecule has 1 amide bonds. The van der Waals surface area contributed by atoms with E-state index in [1.165, 1.54) is 21.2 Å². The Morgan fingerprint density at radius 3 is 2.73 bits per heavy atom. The van der Waals surface area contributed by atoms with Gasteiger partial charge in [-0.2, -0.15) is 4.31 Å². The van der Waals surface area contributed by atoms with Crippen LogP contribution in [0, 0.1) is 5.92 Å². The zero-order valence-corrected chi connectivity index (χ0v) is 17.3. The van der Waals surface area contributed by atoms with Crippen LogP contribution in [0.3, 0.4) is 0 Å². The molecule has 3 heterocycles. The van der Waals surface area contributed by atoms with E-state index in [1.807, 2.05) is 23.1 Å². The van der Waals surface area contributed by atoms with E-state index < -0.39 is 10.0 Å². The molecular weight excluding hydrogens is 436 g/mol. The number of carbonyl (C=O) groups is 1. The molecule has 2 aliphatic rings. The number of amides is 1. The van der Waals surface area contributed by atoms with Crippen molar-refractivity contribution >= 4 is 48.9 Å². The van der Waals surface area contributed by atoms with Crippen molar-refractivity contribution in [1.29, 1.82) is 0 Å². The summed E-state index contributed by atoms with van der Waals surface area (Å²) in [5.41, 5.74) is 2.16. The van der Waals surface area contributed by atoms with Gasteiger partial charge in [0, 0.05) is 25.3 Å². The summed E-state index contributed by atoms with van der Waals surface area (Å²) in [6.45, 7) is 1.41. The van der Waals surface area contributed by atoms with Crippen molar-refractivity contribution in [2.75, 3.05) is 24.5 Å². The highest BCUT2D eigenvalue weighted by Crippen LogP contribution is 2.33. The summed E-state index contributed by atoms with van der Waals surface area (Å²) < 4.78 is 28.3. The van der Waals surface area contributed by atoms with Crippen LogP contribution in [-0.2, 0) is 21.2 Å². The van der Waals surface area contributed by atoms with Crippen LogP contribution in [0.15, 0.2) is 44.4 Å². The Balaban J connectivity index is 1.53. The van der Waals surface area contributed by atoms with Gasteiger partial charge in [-0.25, -0.2) is 8.42 Å². The number of anilines is 1. The second-order valence-corrected chi connectivity index (χ2v) is 11.3. The first kappa shape index (κ1) is 18.2. The molecule has 2 aromatic rings. The number of para-hydroxylation sites is 1. The number of halogens is 1.